The highest BCUT2D eigenvalue weighted by Crippen LogP contribution is 2.45. The molecule has 1 aliphatic carbocycles. The van der Waals surface area contributed by atoms with E-state index in [0.29, 0.717) is 29.5 Å². The molecule has 0 bridgehead atoms. The summed E-state index contributed by atoms with van der Waals surface area (Å²) in [4.78, 5) is 26.0. The SMILES string of the molecule is CCOC(=O)C1(N)CCCCC1(C)C(=O)Cc1c(C)cc(OCC(F)(F)F)cc1C. The average Bonchev–Trinajstić information content (AvgIpc) is 2.64. The monoisotopic (exact) mass is 429 g/mol. The summed E-state index contributed by atoms with van der Waals surface area (Å²) in [6.07, 6.45) is -2.03. The zero-order valence-corrected chi connectivity index (χ0v) is 17.9. The topological polar surface area (TPSA) is 78.6 Å². The summed E-state index contributed by atoms with van der Waals surface area (Å²) < 4.78 is 47.2. The molecule has 2 unspecified atom stereocenters. The number of esters is 1. The number of benzene rings is 1. The van der Waals surface area contributed by atoms with Crippen LogP contribution in [0.4, 0.5) is 13.2 Å². The molecule has 0 amide bonds. The third-order valence-electron chi connectivity index (χ3n) is 6.15. The molecule has 30 heavy (non-hydrogen) atoms. The van der Waals surface area contributed by atoms with Gasteiger partial charge in [-0.2, -0.15) is 13.2 Å². The van der Waals surface area contributed by atoms with Crippen molar-refractivity contribution < 1.29 is 32.2 Å². The zero-order valence-electron chi connectivity index (χ0n) is 17.9. The molecule has 1 fully saturated rings. The van der Waals surface area contributed by atoms with Crippen LogP contribution in [-0.2, 0) is 20.7 Å². The van der Waals surface area contributed by atoms with Crippen molar-refractivity contribution in [3.8, 4) is 5.75 Å². The summed E-state index contributed by atoms with van der Waals surface area (Å²) in [5, 5.41) is 0. The fourth-order valence-electron chi connectivity index (χ4n) is 4.19. The van der Waals surface area contributed by atoms with E-state index < -0.39 is 29.7 Å². The number of ether oxygens (including phenoxy) is 2. The smallest absolute Gasteiger partial charge is 0.422 e. The van der Waals surface area contributed by atoms with Gasteiger partial charge >= 0.3 is 12.1 Å². The van der Waals surface area contributed by atoms with E-state index in [1.807, 2.05) is 0 Å². The van der Waals surface area contributed by atoms with Crippen LogP contribution in [0.2, 0.25) is 0 Å². The standard InChI is InChI=1S/C22H30F3NO4/c1-5-29-19(28)21(26)9-7-6-8-20(21,4)18(27)12-17-14(2)10-16(11-15(17)3)30-13-22(23,24)25/h10-11H,5-9,12-13,26H2,1-4H3. The van der Waals surface area contributed by atoms with Gasteiger partial charge in [-0.05, 0) is 62.4 Å². The Morgan fingerprint density at radius 2 is 1.70 bits per heavy atom. The first-order valence-electron chi connectivity index (χ1n) is 10.1. The second-order valence-corrected chi connectivity index (χ2v) is 8.27. The van der Waals surface area contributed by atoms with Crippen LogP contribution in [0.3, 0.4) is 0 Å². The highest BCUT2D eigenvalue weighted by molar-refractivity contribution is 5.96. The maximum absolute atomic E-state index is 13.4. The Kier molecular flexibility index (Phi) is 7.22. The number of hydrogen-bond donors (Lipinski definition) is 1. The Bertz CT molecular complexity index is 785. The Morgan fingerprint density at radius 1 is 1.13 bits per heavy atom. The van der Waals surface area contributed by atoms with Gasteiger partial charge < -0.3 is 15.2 Å². The van der Waals surface area contributed by atoms with E-state index >= 15 is 0 Å². The van der Waals surface area contributed by atoms with E-state index in [-0.39, 0.29) is 24.6 Å². The molecule has 1 aromatic rings. The highest BCUT2D eigenvalue weighted by Gasteiger charge is 2.57. The van der Waals surface area contributed by atoms with Crippen LogP contribution in [0.1, 0.15) is 56.2 Å². The number of carbonyl (C=O) groups is 2. The van der Waals surface area contributed by atoms with Gasteiger partial charge in [0.2, 0.25) is 0 Å². The zero-order chi connectivity index (χ0) is 22.7. The molecule has 8 heteroatoms. The molecule has 0 aromatic heterocycles. The summed E-state index contributed by atoms with van der Waals surface area (Å²) in [5.74, 6) is -0.639. The van der Waals surface area contributed by atoms with Crippen LogP contribution < -0.4 is 10.5 Å². The number of Topliss-reactive ketones (excluding diaryl/α,β-unsaturated/α-hetero) is 1. The lowest BCUT2D eigenvalue weighted by molar-refractivity contribution is -0.162. The van der Waals surface area contributed by atoms with Gasteiger partial charge in [0, 0.05) is 6.42 Å². The van der Waals surface area contributed by atoms with Crippen LogP contribution in [0, 0.1) is 19.3 Å². The first-order valence-corrected chi connectivity index (χ1v) is 10.1. The number of hydrogen-bond acceptors (Lipinski definition) is 5. The predicted octanol–water partition coefficient (Wildman–Crippen LogP) is 4.20. The number of nitrogens with two attached hydrogens (primary N) is 1. The van der Waals surface area contributed by atoms with Gasteiger partial charge in [-0.3, -0.25) is 9.59 Å². The quantitative estimate of drug-likeness (QED) is 0.658. The lowest BCUT2D eigenvalue weighted by Crippen LogP contribution is -2.65. The lowest BCUT2D eigenvalue weighted by Gasteiger charge is -2.46. The highest BCUT2D eigenvalue weighted by atomic mass is 19.4. The summed E-state index contributed by atoms with van der Waals surface area (Å²) >= 11 is 0. The first kappa shape index (κ1) is 24.2. The normalized spacial score (nSPS) is 24.4. The largest absolute Gasteiger partial charge is 0.484 e. The van der Waals surface area contributed by atoms with Crippen LogP contribution in [0.5, 0.6) is 5.75 Å². The molecule has 0 heterocycles. The Balaban J connectivity index is 2.28. The number of carbonyl (C=O) groups excluding carboxylic acids is 2. The molecule has 2 atom stereocenters. The molecule has 1 aliphatic rings. The van der Waals surface area contributed by atoms with Crippen molar-refractivity contribution in [3.63, 3.8) is 0 Å². The molecule has 0 spiro atoms. The summed E-state index contributed by atoms with van der Waals surface area (Å²) in [7, 11) is 0. The second kappa shape index (κ2) is 8.96. The molecule has 2 N–H and O–H groups in total. The maximum Gasteiger partial charge on any atom is 0.422 e. The van der Waals surface area contributed by atoms with E-state index in [9.17, 15) is 22.8 Å². The van der Waals surface area contributed by atoms with E-state index in [1.165, 1.54) is 12.1 Å². The Labute approximate surface area is 175 Å². The van der Waals surface area contributed by atoms with Gasteiger partial charge in [0.1, 0.15) is 17.1 Å². The summed E-state index contributed by atoms with van der Waals surface area (Å²) in [5.41, 5.74) is 6.01. The van der Waals surface area contributed by atoms with Crippen LogP contribution in [0.15, 0.2) is 12.1 Å². The van der Waals surface area contributed by atoms with E-state index in [1.54, 1.807) is 27.7 Å². The van der Waals surface area contributed by atoms with Crippen LogP contribution in [0.25, 0.3) is 0 Å². The van der Waals surface area contributed by atoms with Gasteiger partial charge in [0.15, 0.2) is 6.61 Å². The van der Waals surface area contributed by atoms with Gasteiger partial charge in [0.25, 0.3) is 0 Å². The third-order valence-corrected chi connectivity index (χ3v) is 6.15. The molecule has 0 aliphatic heterocycles. The van der Waals surface area contributed by atoms with E-state index in [0.717, 1.165) is 12.8 Å². The molecule has 2 rings (SSSR count). The molecular formula is C22H30F3NO4. The van der Waals surface area contributed by atoms with Crippen LogP contribution in [-0.4, -0.2) is 36.7 Å². The Morgan fingerprint density at radius 3 is 2.23 bits per heavy atom. The van der Waals surface area contributed by atoms with Gasteiger partial charge in [0.05, 0.1) is 12.0 Å². The van der Waals surface area contributed by atoms with Crippen molar-refractivity contribution in [2.45, 2.75) is 71.5 Å². The lowest BCUT2D eigenvalue weighted by atomic mass is 9.59. The molecule has 5 nitrogen and oxygen atoms in total. The maximum atomic E-state index is 13.4. The average molecular weight is 429 g/mol. The van der Waals surface area contributed by atoms with Crippen molar-refractivity contribution in [2.75, 3.05) is 13.2 Å². The minimum Gasteiger partial charge on any atom is -0.484 e. The van der Waals surface area contributed by atoms with E-state index in [2.05, 4.69) is 0 Å². The molecule has 0 radical (unpaired) electrons. The van der Waals surface area contributed by atoms with E-state index in [4.69, 9.17) is 15.2 Å². The second-order valence-electron chi connectivity index (χ2n) is 8.27. The summed E-state index contributed by atoms with van der Waals surface area (Å²) in [6, 6.07) is 2.98. The van der Waals surface area contributed by atoms with Gasteiger partial charge in [-0.1, -0.05) is 19.8 Å². The summed E-state index contributed by atoms with van der Waals surface area (Å²) in [6.45, 7) is 5.66. The number of rotatable bonds is 7. The number of halogens is 3. The predicted molar refractivity (Wildman–Crippen MR) is 106 cm³/mol. The van der Waals surface area contributed by atoms with Gasteiger partial charge in [-0.15, -0.1) is 0 Å². The van der Waals surface area contributed by atoms with Crippen molar-refractivity contribution in [1.29, 1.82) is 0 Å². The molecule has 168 valence electrons. The molecule has 1 saturated carbocycles. The minimum atomic E-state index is -4.43. The van der Waals surface area contributed by atoms with Gasteiger partial charge in [-0.25, -0.2) is 0 Å². The minimum absolute atomic E-state index is 0.0338. The Hall–Kier alpha value is -2.09. The van der Waals surface area contributed by atoms with Crippen molar-refractivity contribution in [3.05, 3.63) is 28.8 Å². The third kappa shape index (κ3) is 4.96. The molecule has 1 aromatic carbocycles. The molecule has 0 saturated heterocycles. The van der Waals surface area contributed by atoms with Crippen LogP contribution >= 0.6 is 0 Å². The number of aryl methyl sites for hydroxylation is 2. The van der Waals surface area contributed by atoms with Crippen molar-refractivity contribution in [2.24, 2.45) is 11.1 Å². The fourth-order valence-corrected chi connectivity index (χ4v) is 4.19. The van der Waals surface area contributed by atoms with Crippen molar-refractivity contribution in [1.82, 2.24) is 0 Å². The number of ketones is 1. The first-order chi connectivity index (χ1) is 13.8. The fraction of sp³-hybridized carbons (Fsp3) is 0.636. The number of alkyl halides is 3. The van der Waals surface area contributed by atoms with Crippen molar-refractivity contribution >= 4 is 11.8 Å². The molecular weight excluding hydrogens is 399 g/mol.